The molecule has 2 N–H and O–H groups in total. The quantitative estimate of drug-likeness (QED) is 0.219. The van der Waals surface area contributed by atoms with Crippen LogP contribution in [-0.4, -0.2) is 37.2 Å². The molecule has 1 aliphatic carbocycles. The van der Waals surface area contributed by atoms with Crippen LogP contribution in [0.25, 0.3) is 11.1 Å². The molecule has 4 rings (SSSR count). The zero-order valence-corrected chi connectivity index (χ0v) is 22.4. The second-order valence-electron chi connectivity index (χ2n) is 9.71. The van der Waals surface area contributed by atoms with Crippen molar-refractivity contribution in [1.29, 1.82) is 0 Å². The summed E-state index contributed by atoms with van der Waals surface area (Å²) in [6, 6.07) is 24.8. The van der Waals surface area contributed by atoms with Crippen LogP contribution in [0, 0.1) is 0 Å². The molecule has 0 aromatic heterocycles. The van der Waals surface area contributed by atoms with Gasteiger partial charge in [0.2, 0.25) is 5.91 Å². The van der Waals surface area contributed by atoms with Crippen molar-refractivity contribution in [2.45, 2.75) is 57.6 Å². The maximum absolute atomic E-state index is 12.9. The third-order valence-corrected chi connectivity index (χ3v) is 6.86. The molecule has 2 amide bonds. The van der Waals surface area contributed by atoms with Gasteiger partial charge in [0.15, 0.2) is 0 Å². The molecule has 0 saturated carbocycles. The van der Waals surface area contributed by atoms with E-state index in [1.165, 1.54) is 0 Å². The Hall–Kier alpha value is -4.13. The fraction of sp³-hybridized carbons (Fsp3) is 0.344. The Morgan fingerprint density at radius 1 is 0.821 bits per heavy atom. The number of benzene rings is 3. The van der Waals surface area contributed by atoms with Gasteiger partial charge in [-0.2, -0.15) is 0 Å². The minimum Gasteiger partial charge on any atom is -0.459 e. The molecule has 3 aromatic carbocycles. The van der Waals surface area contributed by atoms with Crippen molar-refractivity contribution < 1.29 is 23.9 Å². The van der Waals surface area contributed by atoms with Gasteiger partial charge >= 0.3 is 12.1 Å². The molecule has 0 spiro atoms. The molecule has 39 heavy (non-hydrogen) atoms. The Balaban J connectivity index is 1.34. The highest BCUT2D eigenvalue weighted by Crippen LogP contribution is 2.44. The van der Waals surface area contributed by atoms with Gasteiger partial charge in [0.05, 0.1) is 0 Å². The van der Waals surface area contributed by atoms with E-state index >= 15 is 0 Å². The average molecular weight is 529 g/mol. The van der Waals surface area contributed by atoms with E-state index in [1.807, 2.05) is 61.5 Å². The summed E-state index contributed by atoms with van der Waals surface area (Å²) in [5, 5.41) is 5.60. The molecule has 0 bridgehead atoms. The zero-order valence-electron chi connectivity index (χ0n) is 22.4. The minimum absolute atomic E-state index is 0.0214. The summed E-state index contributed by atoms with van der Waals surface area (Å²) >= 11 is 0. The fourth-order valence-electron chi connectivity index (χ4n) is 4.88. The van der Waals surface area contributed by atoms with Gasteiger partial charge in [-0.05, 0) is 53.5 Å². The highest BCUT2D eigenvalue weighted by Gasteiger charge is 2.30. The molecule has 0 heterocycles. The first-order valence-electron chi connectivity index (χ1n) is 13.7. The van der Waals surface area contributed by atoms with Crippen molar-refractivity contribution in [2.75, 3.05) is 13.2 Å². The maximum Gasteiger partial charge on any atom is 0.407 e. The molecule has 204 valence electrons. The number of fused-ring (bicyclic) bond motifs is 3. The third kappa shape index (κ3) is 7.69. The summed E-state index contributed by atoms with van der Waals surface area (Å²) < 4.78 is 11.2. The van der Waals surface area contributed by atoms with Gasteiger partial charge < -0.3 is 20.1 Å². The van der Waals surface area contributed by atoms with Crippen LogP contribution in [0.1, 0.15) is 61.6 Å². The van der Waals surface area contributed by atoms with Crippen LogP contribution < -0.4 is 10.6 Å². The Kier molecular flexibility index (Phi) is 10.1. The number of hydrogen-bond acceptors (Lipinski definition) is 5. The molecular weight excluding hydrogens is 492 g/mol. The van der Waals surface area contributed by atoms with Crippen molar-refractivity contribution >= 4 is 18.0 Å². The van der Waals surface area contributed by atoms with E-state index in [0.717, 1.165) is 34.2 Å². The van der Waals surface area contributed by atoms with E-state index in [2.05, 4.69) is 34.9 Å². The predicted octanol–water partition coefficient (Wildman–Crippen LogP) is 5.72. The molecule has 3 aromatic rings. The number of carbonyl (C=O) groups excluding carboxylic acids is 3. The van der Waals surface area contributed by atoms with E-state index in [4.69, 9.17) is 9.47 Å². The van der Waals surface area contributed by atoms with Crippen molar-refractivity contribution in [3.63, 3.8) is 0 Å². The second-order valence-corrected chi connectivity index (χ2v) is 9.71. The standard InChI is InChI=1S/C32H36N2O5/c1-2-12-30(35)33-20-11-10-19-29(31(36)38-21-23-13-4-3-5-14-23)34-32(37)39-22-28-26-17-8-6-15-24(26)25-16-7-9-18-27(25)28/h3-9,13-18,28-29H,2,10-12,19-22H2,1H3,(H,33,35)(H,34,37)/t29-/m1/s1. The average Bonchev–Trinajstić information content (AvgIpc) is 3.28. The number of amides is 2. The van der Waals surface area contributed by atoms with E-state index in [1.54, 1.807) is 0 Å². The van der Waals surface area contributed by atoms with Crippen LogP contribution in [0.5, 0.6) is 0 Å². The topological polar surface area (TPSA) is 93.7 Å². The molecule has 0 aliphatic heterocycles. The van der Waals surface area contributed by atoms with Gasteiger partial charge in [-0.1, -0.05) is 85.8 Å². The van der Waals surface area contributed by atoms with Gasteiger partial charge in [0.25, 0.3) is 0 Å². The van der Waals surface area contributed by atoms with Crippen LogP contribution in [0.4, 0.5) is 4.79 Å². The van der Waals surface area contributed by atoms with Gasteiger partial charge in [-0.3, -0.25) is 4.79 Å². The molecule has 0 unspecified atom stereocenters. The first-order valence-corrected chi connectivity index (χ1v) is 13.7. The van der Waals surface area contributed by atoms with Crippen LogP contribution in [0.3, 0.4) is 0 Å². The molecule has 0 radical (unpaired) electrons. The number of esters is 1. The molecule has 0 saturated heterocycles. The smallest absolute Gasteiger partial charge is 0.407 e. The number of hydrogen-bond donors (Lipinski definition) is 2. The first kappa shape index (κ1) is 27.9. The van der Waals surface area contributed by atoms with E-state index in [9.17, 15) is 14.4 Å². The number of unbranched alkanes of at least 4 members (excludes halogenated alkanes) is 1. The number of ether oxygens (including phenoxy) is 2. The highest BCUT2D eigenvalue weighted by molar-refractivity contribution is 5.82. The van der Waals surface area contributed by atoms with Crippen molar-refractivity contribution in [3.8, 4) is 11.1 Å². The number of alkyl carbamates (subject to hydrolysis) is 1. The largest absolute Gasteiger partial charge is 0.459 e. The lowest BCUT2D eigenvalue weighted by molar-refractivity contribution is -0.147. The summed E-state index contributed by atoms with van der Waals surface area (Å²) in [6.45, 7) is 2.76. The Bertz CT molecular complexity index is 1210. The highest BCUT2D eigenvalue weighted by atomic mass is 16.6. The molecule has 7 nitrogen and oxygen atoms in total. The van der Waals surface area contributed by atoms with Crippen LogP contribution >= 0.6 is 0 Å². The monoisotopic (exact) mass is 528 g/mol. The van der Waals surface area contributed by atoms with Gasteiger partial charge in [0, 0.05) is 18.9 Å². The lowest BCUT2D eigenvalue weighted by Crippen LogP contribution is -2.42. The number of rotatable bonds is 13. The summed E-state index contributed by atoms with van der Waals surface area (Å²) in [6.07, 6.45) is 2.32. The Morgan fingerprint density at radius 2 is 1.46 bits per heavy atom. The minimum atomic E-state index is -0.851. The second kappa shape index (κ2) is 14.1. The van der Waals surface area contributed by atoms with Gasteiger partial charge in [0.1, 0.15) is 19.3 Å². The van der Waals surface area contributed by atoms with E-state index in [-0.39, 0.29) is 25.0 Å². The van der Waals surface area contributed by atoms with Crippen molar-refractivity contribution in [3.05, 3.63) is 95.6 Å². The summed E-state index contributed by atoms with van der Waals surface area (Å²) in [5.74, 6) is -0.561. The number of nitrogens with one attached hydrogen (secondary N) is 2. The van der Waals surface area contributed by atoms with Crippen LogP contribution in [-0.2, 0) is 25.7 Å². The van der Waals surface area contributed by atoms with Crippen LogP contribution in [0.15, 0.2) is 78.9 Å². The summed E-state index contributed by atoms with van der Waals surface area (Å²) in [4.78, 5) is 37.5. The molecule has 1 atom stereocenters. The first-order chi connectivity index (χ1) is 19.1. The maximum atomic E-state index is 12.9. The van der Waals surface area contributed by atoms with Crippen molar-refractivity contribution in [2.24, 2.45) is 0 Å². The summed E-state index contributed by atoms with van der Waals surface area (Å²) in [7, 11) is 0. The van der Waals surface area contributed by atoms with Gasteiger partial charge in [-0.15, -0.1) is 0 Å². The molecule has 0 fully saturated rings. The molecule has 7 heteroatoms. The lowest BCUT2D eigenvalue weighted by Gasteiger charge is -2.19. The lowest BCUT2D eigenvalue weighted by atomic mass is 9.98. The fourth-order valence-corrected chi connectivity index (χ4v) is 4.88. The normalized spacial score (nSPS) is 12.6. The Labute approximate surface area is 229 Å². The third-order valence-electron chi connectivity index (χ3n) is 6.86. The van der Waals surface area contributed by atoms with Crippen molar-refractivity contribution in [1.82, 2.24) is 10.6 Å². The van der Waals surface area contributed by atoms with Gasteiger partial charge in [-0.25, -0.2) is 9.59 Å². The molecule has 1 aliphatic rings. The zero-order chi connectivity index (χ0) is 27.5. The van der Waals surface area contributed by atoms with Crippen LogP contribution in [0.2, 0.25) is 0 Å². The predicted molar refractivity (Wildman–Crippen MR) is 150 cm³/mol. The van der Waals surface area contributed by atoms with E-state index in [0.29, 0.717) is 32.2 Å². The molecular formula is C32H36N2O5. The van der Waals surface area contributed by atoms with E-state index < -0.39 is 18.1 Å². The SMILES string of the molecule is CCCC(=O)NCCCC[C@@H](NC(=O)OCC1c2ccccc2-c2ccccc21)C(=O)OCc1ccccc1. The number of carbonyl (C=O) groups is 3. The Morgan fingerprint density at radius 3 is 2.13 bits per heavy atom. The summed E-state index contributed by atoms with van der Waals surface area (Å²) in [5.41, 5.74) is 5.40.